The van der Waals surface area contributed by atoms with Crippen molar-refractivity contribution in [2.24, 2.45) is 0 Å². The first kappa shape index (κ1) is 11.5. The number of anilines is 1. The third kappa shape index (κ3) is 2.42. The van der Waals surface area contributed by atoms with E-state index in [0.717, 1.165) is 10.5 Å². The highest BCUT2D eigenvalue weighted by atomic mass is 35.5. The molecule has 4 nitrogen and oxygen atoms in total. The fraction of sp³-hybridized carbons (Fsp3) is 0.0833. The van der Waals surface area contributed by atoms with Crippen molar-refractivity contribution in [3.8, 4) is 0 Å². The minimum Gasteiger partial charge on any atom is -0.281 e. The molecule has 0 spiro atoms. The van der Waals surface area contributed by atoms with E-state index < -0.39 is 5.24 Å². The zero-order valence-electron chi connectivity index (χ0n) is 8.72. The Morgan fingerprint density at radius 2 is 1.59 bits per heavy atom. The van der Waals surface area contributed by atoms with Crippen LogP contribution in [0.25, 0.3) is 0 Å². The summed E-state index contributed by atoms with van der Waals surface area (Å²) >= 11 is 5.26. The van der Waals surface area contributed by atoms with Gasteiger partial charge >= 0.3 is 0 Å². The molecule has 86 valence electrons. The minimum atomic E-state index is -0.451. The van der Waals surface area contributed by atoms with Crippen LogP contribution in [0.15, 0.2) is 36.4 Å². The number of imide groups is 1. The number of carbonyl (C=O) groups excluding carboxylic acids is 3. The first-order valence-electron chi connectivity index (χ1n) is 4.91. The Hall–Kier alpha value is -1.94. The van der Waals surface area contributed by atoms with Gasteiger partial charge in [-0.1, -0.05) is 12.1 Å². The molecular weight excluding hydrogens is 242 g/mol. The van der Waals surface area contributed by atoms with Crippen LogP contribution in [0.4, 0.5) is 5.69 Å². The molecule has 1 aromatic rings. The molecule has 2 rings (SSSR count). The van der Waals surface area contributed by atoms with Gasteiger partial charge in [-0.15, -0.1) is 0 Å². The summed E-state index contributed by atoms with van der Waals surface area (Å²) in [7, 11) is 0. The van der Waals surface area contributed by atoms with Crippen LogP contribution in [-0.2, 0) is 20.8 Å². The van der Waals surface area contributed by atoms with Crippen LogP contribution in [0, 0.1) is 0 Å². The van der Waals surface area contributed by atoms with Crippen molar-refractivity contribution in [3.63, 3.8) is 0 Å². The first-order chi connectivity index (χ1) is 8.08. The van der Waals surface area contributed by atoms with Crippen molar-refractivity contribution in [2.45, 2.75) is 6.42 Å². The van der Waals surface area contributed by atoms with Gasteiger partial charge in [-0.05, 0) is 29.3 Å². The van der Waals surface area contributed by atoms with Gasteiger partial charge in [0.05, 0.1) is 5.69 Å². The van der Waals surface area contributed by atoms with Gasteiger partial charge in [-0.3, -0.25) is 14.4 Å². The van der Waals surface area contributed by atoms with Gasteiger partial charge < -0.3 is 0 Å². The van der Waals surface area contributed by atoms with E-state index >= 15 is 0 Å². The molecule has 0 fully saturated rings. The van der Waals surface area contributed by atoms with E-state index in [-0.39, 0.29) is 18.2 Å². The van der Waals surface area contributed by atoms with E-state index in [1.54, 1.807) is 24.3 Å². The van der Waals surface area contributed by atoms with Gasteiger partial charge in [-0.25, -0.2) is 4.90 Å². The number of nitrogens with zero attached hydrogens (tertiary/aromatic N) is 1. The molecule has 0 radical (unpaired) electrons. The maximum absolute atomic E-state index is 11.4. The number of amides is 2. The maximum atomic E-state index is 11.4. The average Bonchev–Trinajstić information content (AvgIpc) is 2.59. The summed E-state index contributed by atoms with van der Waals surface area (Å²) in [4.78, 5) is 34.5. The topological polar surface area (TPSA) is 54.5 Å². The SMILES string of the molecule is O=C(Cl)Cc1ccc(N2C(=O)C=CC2=O)cc1. The maximum Gasteiger partial charge on any atom is 0.258 e. The molecule has 0 unspecified atom stereocenters. The Bertz CT molecular complexity index is 501. The summed E-state index contributed by atoms with van der Waals surface area (Å²) < 4.78 is 0. The van der Waals surface area contributed by atoms with Crippen molar-refractivity contribution >= 4 is 34.3 Å². The molecule has 0 saturated heterocycles. The van der Waals surface area contributed by atoms with Crippen LogP contribution in [-0.4, -0.2) is 17.1 Å². The second kappa shape index (κ2) is 4.51. The summed E-state index contributed by atoms with van der Waals surface area (Å²) in [5.74, 6) is -0.729. The number of hydrogen-bond acceptors (Lipinski definition) is 3. The molecule has 0 aliphatic carbocycles. The van der Waals surface area contributed by atoms with Gasteiger partial charge in [-0.2, -0.15) is 0 Å². The Balaban J connectivity index is 2.21. The highest BCUT2D eigenvalue weighted by Crippen LogP contribution is 2.19. The Morgan fingerprint density at radius 3 is 2.06 bits per heavy atom. The molecule has 0 N–H and O–H groups in total. The summed E-state index contributed by atoms with van der Waals surface area (Å²) in [5, 5.41) is -0.451. The number of benzene rings is 1. The van der Waals surface area contributed by atoms with Gasteiger partial charge in [0.2, 0.25) is 5.24 Å². The molecule has 1 aliphatic rings. The zero-order chi connectivity index (χ0) is 12.4. The number of hydrogen-bond donors (Lipinski definition) is 0. The molecule has 0 bridgehead atoms. The standard InChI is InChI=1S/C12H8ClNO3/c13-10(15)7-8-1-3-9(4-2-8)14-11(16)5-6-12(14)17/h1-6H,7H2. The van der Waals surface area contributed by atoms with E-state index in [4.69, 9.17) is 11.6 Å². The van der Waals surface area contributed by atoms with E-state index in [1.807, 2.05) is 0 Å². The normalized spacial score (nSPS) is 14.5. The summed E-state index contributed by atoms with van der Waals surface area (Å²) in [6.07, 6.45) is 2.57. The van der Waals surface area contributed by atoms with Crippen LogP contribution in [0.3, 0.4) is 0 Å². The molecule has 5 heteroatoms. The predicted octanol–water partition coefficient (Wildman–Crippen LogP) is 1.42. The van der Waals surface area contributed by atoms with Crippen LogP contribution in [0.5, 0.6) is 0 Å². The van der Waals surface area contributed by atoms with Crippen molar-refractivity contribution in [1.82, 2.24) is 0 Å². The zero-order valence-corrected chi connectivity index (χ0v) is 9.48. The van der Waals surface area contributed by atoms with Crippen LogP contribution >= 0.6 is 11.6 Å². The van der Waals surface area contributed by atoms with Gasteiger partial charge in [0.1, 0.15) is 0 Å². The Labute approximate surface area is 102 Å². The van der Waals surface area contributed by atoms with Crippen LogP contribution < -0.4 is 4.90 Å². The highest BCUT2D eigenvalue weighted by Gasteiger charge is 2.24. The Kier molecular flexibility index (Phi) is 3.06. The number of rotatable bonds is 3. The van der Waals surface area contributed by atoms with Crippen molar-refractivity contribution in [3.05, 3.63) is 42.0 Å². The highest BCUT2D eigenvalue weighted by molar-refractivity contribution is 6.63. The van der Waals surface area contributed by atoms with E-state index in [2.05, 4.69) is 0 Å². The van der Waals surface area contributed by atoms with Crippen LogP contribution in [0.1, 0.15) is 5.56 Å². The monoisotopic (exact) mass is 249 g/mol. The molecule has 0 atom stereocenters. The fourth-order valence-corrected chi connectivity index (χ4v) is 1.73. The third-order valence-corrected chi connectivity index (χ3v) is 2.48. The molecule has 2 amide bonds. The average molecular weight is 250 g/mol. The van der Waals surface area contributed by atoms with Crippen molar-refractivity contribution < 1.29 is 14.4 Å². The molecular formula is C12H8ClNO3. The van der Waals surface area contributed by atoms with Gasteiger partial charge in [0, 0.05) is 18.6 Å². The van der Waals surface area contributed by atoms with E-state index in [0.29, 0.717) is 5.69 Å². The number of carbonyl (C=O) groups is 3. The summed E-state index contributed by atoms with van der Waals surface area (Å²) in [6.45, 7) is 0. The lowest BCUT2D eigenvalue weighted by molar-refractivity contribution is -0.120. The molecule has 1 aromatic carbocycles. The lowest BCUT2D eigenvalue weighted by Gasteiger charge is -2.13. The van der Waals surface area contributed by atoms with Crippen molar-refractivity contribution in [2.75, 3.05) is 4.90 Å². The van der Waals surface area contributed by atoms with E-state index in [9.17, 15) is 14.4 Å². The molecule has 0 aromatic heterocycles. The second-order valence-electron chi connectivity index (χ2n) is 3.54. The minimum absolute atomic E-state index is 0.127. The fourth-order valence-electron chi connectivity index (χ4n) is 1.58. The van der Waals surface area contributed by atoms with Crippen LogP contribution in [0.2, 0.25) is 0 Å². The van der Waals surface area contributed by atoms with Crippen molar-refractivity contribution in [1.29, 1.82) is 0 Å². The Morgan fingerprint density at radius 1 is 1.06 bits per heavy atom. The second-order valence-corrected chi connectivity index (χ2v) is 3.97. The quantitative estimate of drug-likeness (QED) is 0.601. The van der Waals surface area contributed by atoms with Gasteiger partial charge in [0.15, 0.2) is 0 Å². The third-order valence-electron chi connectivity index (χ3n) is 2.35. The molecule has 17 heavy (non-hydrogen) atoms. The molecule has 0 saturated carbocycles. The lowest BCUT2D eigenvalue weighted by Crippen LogP contribution is -2.29. The molecule has 1 heterocycles. The number of halogens is 1. The summed E-state index contributed by atoms with van der Waals surface area (Å²) in [5.41, 5.74) is 1.22. The first-order valence-corrected chi connectivity index (χ1v) is 5.29. The lowest BCUT2D eigenvalue weighted by atomic mass is 10.1. The largest absolute Gasteiger partial charge is 0.281 e. The van der Waals surface area contributed by atoms with Gasteiger partial charge in [0.25, 0.3) is 11.8 Å². The van der Waals surface area contributed by atoms with E-state index in [1.165, 1.54) is 12.2 Å². The predicted molar refractivity (Wildman–Crippen MR) is 62.6 cm³/mol. The molecule has 1 aliphatic heterocycles. The smallest absolute Gasteiger partial charge is 0.258 e. The summed E-state index contributed by atoms with van der Waals surface area (Å²) in [6, 6.07) is 6.54.